The molecule has 0 spiro atoms. The molecule has 0 unspecified atom stereocenters. The number of aromatic amines is 1. The Hall–Kier alpha value is -2.24. The van der Waals surface area contributed by atoms with Crippen molar-refractivity contribution in [2.75, 3.05) is 11.4 Å². The lowest BCUT2D eigenvalue weighted by molar-refractivity contribution is 0.0984. The van der Waals surface area contributed by atoms with E-state index in [0.717, 1.165) is 11.3 Å². The average molecular weight is 246 g/mol. The van der Waals surface area contributed by atoms with Crippen LogP contribution in [0, 0.1) is 12.7 Å². The molecule has 0 saturated carbocycles. The van der Waals surface area contributed by atoms with E-state index in [-0.39, 0.29) is 11.7 Å². The summed E-state index contributed by atoms with van der Waals surface area (Å²) < 4.78 is 13.1. The molecule has 0 fully saturated rings. The van der Waals surface area contributed by atoms with Crippen molar-refractivity contribution in [3.63, 3.8) is 0 Å². The third-order valence-electron chi connectivity index (χ3n) is 3.11. The van der Waals surface area contributed by atoms with E-state index < -0.39 is 0 Å². The molecule has 18 heavy (non-hydrogen) atoms. The molecule has 1 amide bonds. The van der Waals surface area contributed by atoms with Gasteiger partial charge in [0.15, 0.2) is 5.69 Å². The minimum atomic E-state index is -0.277. The van der Waals surface area contributed by atoms with Crippen molar-refractivity contribution < 1.29 is 9.18 Å². The van der Waals surface area contributed by atoms with Crippen LogP contribution in [0.25, 0.3) is 0 Å². The first-order valence-corrected chi connectivity index (χ1v) is 5.64. The molecule has 2 heterocycles. The van der Waals surface area contributed by atoms with Crippen molar-refractivity contribution in [2.45, 2.75) is 13.3 Å². The Balaban J connectivity index is 1.98. The third-order valence-corrected chi connectivity index (χ3v) is 3.11. The van der Waals surface area contributed by atoms with Gasteiger partial charge in [-0.15, -0.1) is 0 Å². The van der Waals surface area contributed by atoms with Gasteiger partial charge in [0.25, 0.3) is 5.91 Å². The first kappa shape index (κ1) is 10.9. The number of fused-ring (bicyclic) bond motifs is 1. The second-order valence-corrected chi connectivity index (χ2v) is 4.24. The number of aryl methyl sites for hydroxylation is 1. The summed E-state index contributed by atoms with van der Waals surface area (Å²) in [7, 11) is 0. The van der Waals surface area contributed by atoms with Crippen molar-refractivity contribution in [1.82, 2.24) is 15.4 Å². The van der Waals surface area contributed by atoms with Crippen LogP contribution in [-0.2, 0) is 6.42 Å². The molecule has 1 aromatic heterocycles. The standard InChI is InChI=1S/C12H11FN4O/c1-7-11(15-16-14-7)12(18)17-5-4-8-6-9(13)2-3-10(8)17/h2-3,6H,4-5H2,1H3,(H,14,15,16). The van der Waals surface area contributed by atoms with Crippen molar-refractivity contribution >= 4 is 11.6 Å². The van der Waals surface area contributed by atoms with Crippen LogP contribution >= 0.6 is 0 Å². The summed E-state index contributed by atoms with van der Waals surface area (Å²) >= 11 is 0. The van der Waals surface area contributed by atoms with Crippen LogP contribution in [0.4, 0.5) is 10.1 Å². The van der Waals surface area contributed by atoms with Gasteiger partial charge in [-0.25, -0.2) is 4.39 Å². The maximum Gasteiger partial charge on any atom is 0.280 e. The molecule has 0 bridgehead atoms. The van der Waals surface area contributed by atoms with Gasteiger partial charge in [0.1, 0.15) is 5.82 Å². The molecule has 0 radical (unpaired) electrons. The molecule has 5 nitrogen and oxygen atoms in total. The fourth-order valence-electron chi connectivity index (χ4n) is 2.20. The van der Waals surface area contributed by atoms with E-state index >= 15 is 0 Å². The molecular formula is C12H11FN4O. The van der Waals surface area contributed by atoms with Gasteiger partial charge in [-0.1, -0.05) is 0 Å². The van der Waals surface area contributed by atoms with Crippen LogP contribution in [0.2, 0.25) is 0 Å². The lowest BCUT2D eigenvalue weighted by Gasteiger charge is -2.15. The monoisotopic (exact) mass is 246 g/mol. The van der Waals surface area contributed by atoms with Crippen LogP contribution < -0.4 is 4.90 Å². The first-order valence-electron chi connectivity index (χ1n) is 5.64. The van der Waals surface area contributed by atoms with Crippen LogP contribution in [0.1, 0.15) is 21.7 Å². The first-order chi connectivity index (χ1) is 8.66. The van der Waals surface area contributed by atoms with Gasteiger partial charge in [0, 0.05) is 12.2 Å². The number of aromatic nitrogens is 3. The van der Waals surface area contributed by atoms with Gasteiger partial charge in [0.2, 0.25) is 0 Å². The van der Waals surface area contributed by atoms with Gasteiger partial charge in [-0.05, 0) is 37.1 Å². The number of hydrogen-bond acceptors (Lipinski definition) is 3. The highest BCUT2D eigenvalue weighted by Gasteiger charge is 2.28. The average Bonchev–Trinajstić information content (AvgIpc) is 2.94. The van der Waals surface area contributed by atoms with Gasteiger partial charge < -0.3 is 4.90 Å². The van der Waals surface area contributed by atoms with Crippen molar-refractivity contribution in [3.8, 4) is 0 Å². The Morgan fingerprint density at radius 2 is 2.28 bits per heavy atom. The largest absolute Gasteiger partial charge is 0.306 e. The normalized spacial score (nSPS) is 13.8. The number of benzene rings is 1. The molecule has 1 aliphatic heterocycles. The van der Waals surface area contributed by atoms with E-state index in [1.54, 1.807) is 17.9 Å². The molecule has 1 aromatic carbocycles. The summed E-state index contributed by atoms with van der Waals surface area (Å²) in [4.78, 5) is 13.9. The number of halogens is 1. The number of nitrogens with one attached hydrogen (secondary N) is 1. The fraction of sp³-hybridized carbons (Fsp3) is 0.250. The number of amides is 1. The van der Waals surface area contributed by atoms with Gasteiger partial charge in [0.05, 0.1) is 5.69 Å². The topological polar surface area (TPSA) is 61.9 Å². The molecule has 3 rings (SSSR count). The predicted molar refractivity (Wildman–Crippen MR) is 62.9 cm³/mol. The number of hydrogen-bond donors (Lipinski definition) is 1. The Bertz CT molecular complexity index is 622. The molecule has 0 atom stereocenters. The maximum atomic E-state index is 13.1. The molecule has 92 valence electrons. The minimum absolute atomic E-state index is 0.202. The number of H-pyrrole nitrogens is 1. The van der Waals surface area contributed by atoms with Crippen LogP contribution in [0.3, 0.4) is 0 Å². The Labute approximate surface area is 103 Å². The molecule has 0 aliphatic carbocycles. The highest BCUT2D eigenvalue weighted by Crippen LogP contribution is 2.29. The quantitative estimate of drug-likeness (QED) is 0.828. The number of carbonyl (C=O) groups is 1. The number of nitrogens with zero attached hydrogens (tertiary/aromatic N) is 3. The second-order valence-electron chi connectivity index (χ2n) is 4.24. The highest BCUT2D eigenvalue weighted by atomic mass is 19.1. The van der Waals surface area contributed by atoms with Gasteiger partial charge in [-0.3, -0.25) is 4.79 Å². The Kier molecular flexibility index (Phi) is 2.36. The lowest BCUT2D eigenvalue weighted by Crippen LogP contribution is -2.29. The minimum Gasteiger partial charge on any atom is -0.306 e. The number of carbonyl (C=O) groups excluding carboxylic acids is 1. The number of anilines is 1. The van der Waals surface area contributed by atoms with E-state index in [1.165, 1.54) is 12.1 Å². The molecule has 0 saturated heterocycles. The molecule has 2 aromatic rings. The Morgan fingerprint density at radius 3 is 3.00 bits per heavy atom. The zero-order chi connectivity index (χ0) is 12.7. The summed E-state index contributed by atoms with van der Waals surface area (Å²) in [6.45, 7) is 2.27. The summed E-state index contributed by atoms with van der Waals surface area (Å²) in [5.74, 6) is -0.479. The molecular weight excluding hydrogens is 235 g/mol. The van der Waals surface area contributed by atoms with Gasteiger partial charge >= 0.3 is 0 Å². The van der Waals surface area contributed by atoms with E-state index in [0.29, 0.717) is 24.4 Å². The van der Waals surface area contributed by atoms with Crippen molar-refractivity contribution in [3.05, 3.63) is 41.0 Å². The van der Waals surface area contributed by atoms with Crippen molar-refractivity contribution in [1.29, 1.82) is 0 Å². The van der Waals surface area contributed by atoms with E-state index in [4.69, 9.17) is 0 Å². The van der Waals surface area contributed by atoms with Crippen LogP contribution in [0.5, 0.6) is 0 Å². The third kappa shape index (κ3) is 1.57. The summed E-state index contributed by atoms with van der Waals surface area (Å²) in [6.07, 6.45) is 0.662. The Morgan fingerprint density at radius 1 is 1.44 bits per heavy atom. The zero-order valence-corrected chi connectivity index (χ0v) is 9.77. The smallest absolute Gasteiger partial charge is 0.280 e. The van der Waals surface area contributed by atoms with Crippen LogP contribution in [0.15, 0.2) is 18.2 Å². The van der Waals surface area contributed by atoms with Crippen LogP contribution in [-0.4, -0.2) is 27.9 Å². The SMILES string of the molecule is Cc1n[nH]nc1C(=O)N1CCc2cc(F)ccc21. The van der Waals surface area contributed by atoms with Crippen molar-refractivity contribution in [2.24, 2.45) is 0 Å². The summed E-state index contributed by atoms with van der Waals surface area (Å²) in [6, 6.07) is 4.46. The number of rotatable bonds is 1. The summed E-state index contributed by atoms with van der Waals surface area (Å²) in [5.41, 5.74) is 2.48. The summed E-state index contributed by atoms with van der Waals surface area (Å²) in [5, 5.41) is 10.1. The van der Waals surface area contributed by atoms with E-state index in [1.807, 2.05) is 0 Å². The second kappa shape index (κ2) is 3.90. The fourth-order valence-corrected chi connectivity index (χ4v) is 2.20. The van der Waals surface area contributed by atoms with E-state index in [2.05, 4.69) is 15.4 Å². The van der Waals surface area contributed by atoms with Gasteiger partial charge in [-0.2, -0.15) is 15.4 Å². The maximum absolute atomic E-state index is 13.1. The zero-order valence-electron chi connectivity index (χ0n) is 9.77. The molecule has 6 heteroatoms. The molecule has 1 N–H and O–H groups in total. The predicted octanol–water partition coefficient (Wildman–Crippen LogP) is 1.46. The van der Waals surface area contributed by atoms with E-state index in [9.17, 15) is 9.18 Å². The lowest BCUT2D eigenvalue weighted by atomic mass is 10.1. The highest BCUT2D eigenvalue weighted by molar-refractivity contribution is 6.06. The molecule has 1 aliphatic rings.